The van der Waals surface area contributed by atoms with E-state index in [2.05, 4.69) is 107 Å². The molecule has 1 saturated heterocycles. The average molecular weight is 550 g/mol. The van der Waals surface area contributed by atoms with Gasteiger partial charge in [0.2, 0.25) is 0 Å². The van der Waals surface area contributed by atoms with Gasteiger partial charge >= 0.3 is 0 Å². The van der Waals surface area contributed by atoms with Crippen LogP contribution in [0.2, 0.25) is 0 Å². The molecule has 6 aromatic rings. The van der Waals surface area contributed by atoms with Crippen molar-refractivity contribution >= 4 is 32.3 Å². The van der Waals surface area contributed by atoms with Crippen LogP contribution in [0.1, 0.15) is 41.0 Å². The highest BCUT2D eigenvalue weighted by atomic mass is 15.2. The van der Waals surface area contributed by atoms with Gasteiger partial charge in [0.15, 0.2) is 0 Å². The third-order valence-electron chi connectivity index (χ3n) is 9.30. The Bertz CT molecular complexity index is 1750. The molecular formula is C39H39N3. The van der Waals surface area contributed by atoms with E-state index >= 15 is 0 Å². The zero-order valence-electron chi connectivity index (χ0n) is 24.5. The van der Waals surface area contributed by atoms with Gasteiger partial charge in [0.05, 0.1) is 0 Å². The summed E-state index contributed by atoms with van der Waals surface area (Å²) in [6.07, 6.45) is 7.40. The van der Waals surface area contributed by atoms with E-state index in [1.807, 2.05) is 30.6 Å². The van der Waals surface area contributed by atoms with Crippen molar-refractivity contribution in [3.8, 4) is 0 Å². The first-order valence-electron chi connectivity index (χ1n) is 15.4. The number of piperazine rings is 1. The Morgan fingerprint density at radius 3 is 2.21 bits per heavy atom. The Hall–Kier alpha value is -4.05. The van der Waals surface area contributed by atoms with Gasteiger partial charge in [-0.05, 0) is 86.9 Å². The summed E-state index contributed by atoms with van der Waals surface area (Å²) in [4.78, 5) is 9.02. The Balaban J connectivity index is 0.000000243. The minimum Gasteiger partial charge on any atom is -0.304 e. The van der Waals surface area contributed by atoms with Crippen molar-refractivity contribution in [1.29, 1.82) is 0 Å². The maximum absolute atomic E-state index is 4.01. The maximum atomic E-state index is 4.01. The Morgan fingerprint density at radius 1 is 0.667 bits per heavy atom. The second-order valence-corrected chi connectivity index (χ2v) is 12.0. The number of likely N-dealkylation sites (N-methyl/N-ethyl adjacent to an activating group) is 1. The van der Waals surface area contributed by atoms with Gasteiger partial charge in [0.1, 0.15) is 0 Å². The molecular weight excluding hydrogens is 510 g/mol. The third-order valence-corrected chi connectivity index (χ3v) is 9.30. The lowest BCUT2D eigenvalue weighted by Gasteiger charge is -2.32. The quantitative estimate of drug-likeness (QED) is 0.207. The van der Waals surface area contributed by atoms with Crippen LogP contribution in [-0.4, -0.2) is 48.0 Å². The van der Waals surface area contributed by atoms with Crippen LogP contribution in [-0.2, 0) is 13.0 Å². The lowest BCUT2D eigenvalue weighted by Crippen LogP contribution is -2.43. The summed E-state index contributed by atoms with van der Waals surface area (Å²) in [5, 5.41) is 8.02. The number of aromatic nitrogens is 1. The largest absolute Gasteiger partial charge is 0.304 e. The molecule has 2 aliphatic rings. The molecule has 1 unspecified atom stereocenters. The van der Waals surface area contributed by atoms with E-state index in [1.165, 1.54) is 88.9 Å². The van der Waals surface area contributed by atoms with Crippen molar-refractivity contribution < 1.29 is 0 Å². The first-order chi connectivity index (χ1) is 20.7. The standard InChI is InChI=1S/C30H32N2.C9H7N/c1-31-17-19-32(20-18-31)21-22-9-11-24(12-10-22)26-7-4-8-27-28(26)15-16-29-25-6-3-2-5-23(25)13-14-30(27)29;1-2-4-9-7-10-6-5-8(9)3-1/h2-3,5-6,9-16,26H,4,7-8,17-21H2,1H3;1-7H. The molecule has 1 fully saturated rings. The van der Waals surface area contributed by atoms with E-state index in [0.717, 1.165) is 6.54 Å². The second-order valence-electron chi connectivity index (χ2n) is 12.0. The van der Waals surface area contributed by atoms with Crippen molar-refractivity contribution in [3.05, 3.63) is 138 Å². The Morgan fingerprint density at radius 2 is 1.40 bits per heavy atom. The SMILES string of the molecule is CN1CCN(Cc2ccc(C3CCCc4c3ccc3c4ccc4ccccc43)cc2)CC1.c1ccc2cnccc2c1. The van der Waals surface area contributed by atoms with Crippen molar-refractivity contribution in [2.24, 2.45) is 0 Å². The van der Waals surface area contributed by atoms with Gasteiger partial charge in [-0.3, -0.25) is 9.88 Å². The van der Waals surface area contributed by atoms with E-state index in [1.54, 1.807) is 11.1 Å². The summed E-state index contributed by atoms with van der Waals surface area (Å²) in [6.45, 7) is 5.79. The van der Waals surface area contributed by atoms with Gasteiger partial charge in [-0.25, -0.2) is 0 Å². The number of hydrogen-bond acceptors (Lipinski definition) is 3. The fourth-order valence-electron chi connectivity index (χ4n) is 6.90. The van der Waals surface area contributed by atoms with Gasteiger partial charge in [0, 0.05) is 51.0 Å². The molecule has 0 spiro atoms. The smallest absolute Gasteiger partial charge is 0.0346 e. The first-order valence-corrected chi connectivity index (χ1v) is 15.4. The molecule has 1 aliphatic heterocycles. The fourth-order valence-corrected chi connectivity index (χ4v) is 6.90. The zero-order chi connectivity index (χ0) is 28.3. The highest BCUT2D eigenvalue weighted by Gasteiger charge is 2.24. The predicted molar refractivity (Wildman–Crippen MR) is 177 cm³/mol. The van der Waals surface area contributed by atoms with Gasteiger partial charge in [-0.1, -0.05) is 97.1 Å². The van der Waals surface area contributed by atoms with E-state index in [4.69, 9.17) is 0 Å². The van der Waals surface area contributed by atoms with Crippen LogP contribution in [0.4, 0.5) is 0 Å². The number of fused-ring (bicyclic) bond motifs is 6. The molecule has 1 atom stereocenters. The summed E-state index contributed by atoms with van der Waals surface area (Å²) in [5.74, 6) is 0.521. The third kappa shape index (κ3) is 5.55. The molecule has 42 heavy (non-hydrogen) atoms. The average Bonchev–Trinajstić information content (AvgIpc) is 3.06. The molecule has 0 saturated carbocycles. The van der Waals surface area contributed by atoms with Gasteiger partial charge in [0.25, 0.3) is 0 Å². The molecule has 8 rings (SSSR count). The summed E-state index contributed by atoms with van der Waals surface area (Å²) in [5.41, 5.74) is 6.05. The van der Waals surface area contributed by atoms with Crippen molar-refractivity contribution in [2.45, 2.75) is 31.7 Å². The molecule has 2 heterocycles. The van der Waals surface area contributed by atoms with Crippen molar-refractivity contribution in [2.75, 3.05) is 33.2 Å². The monoisotopic (exact) mass is 549 g/mol. The van der Waals surface area contributed by atoms with E-state index < -0.39 is 0 Å². The highest BCUT2D eigenvalue weighted by Crippen LogP contribution is 2.41. The van der Waals surface area contributed by atoms with Crippen LogP contribution in [0.3, 0.4) is 0 Å². The van der Waals surface area contributed by atoms with Crippen LogP contribution < -0.4 is 0 Å². The van der Waals surface area contributed by atoms with Crippen molar-refractivity contribution in [3.63, 3.8) is 0 Å². The lowest BCUT2D eigenvalue weighted by atomic mass is 9.77. The van der Waals surface area contributed by atoms with Crippen LogP contribution in [0.5, 0.6) is 0 Å². The van der Waals surface area contributed by atoms with E-state index in [0.29, 0.717) is 5.92 Å². The molecule has 0 radical (unpaired) electrons. The molecule has 3 nitrogen and oxygen atoms in total. The van der Waals surface area contributed by atoms with Gasteiger partial charge in [-0.2, -0.15) is 0 Å². The molecule has 1 aromatic heterocycles. The number of benzene rings is 5. The Labute approximate surface area is 249 Å². The molecule has 1 aliphatic carbocycles. The van der Waals surface area contributed by atoms with Gasteiger partial charge in [-0.15, -0.1) is 0 Å². The summed E-state index contributed by atoms with van der Waals surface area (Å²) in [6, 6.07) is 38.0. The Kier molecular flexibility index (Phi) is 7.70. The molecule has 3 heteroatoms. The highest BCUT2D eigenvalue weighted by molar-refractivity contribution is 6.08. The fraction of sp³-hybridized carbons (Fsp3) is 0.256. The molecule has 0 N–H and O–H groups in total. The number of aryl methyl sites for hydroxylation is 1. The summed E-state index contributed by atoms with van der Waals surface area (Å²) >= 11 is 0. The van der Waals surface area contributed by atoms with E-state index in [9.17, 15) is 0 Å². The topological polar surface area (TPSA) is 19.4 Å². The summed E-state index contributed by atoms with van der Waals surface area (Å²) in [7, 11) is 2.22. The number of nitrogens with zero attached hydrogens (tertiary/aromatic N) is 3. The number of rotatable bonds is 3. The van der Waals surface area contributed by atoms with Crippen LogP contribution in [0, 0.1) is 0 Å². The first kappa shape index (κ1) is 26.8. The molecule has 210 valence electrons. The predicted octanol–water partition coefficient (Wildman–Crippen LogP) is 8.44. The minimum atomic E-state index is 0.521. The number of hydrogen-bond donors (Lipinski definition) is 0. The molecule has 0 bridgehead atoms. The second kappa shape index (κ2) is 12.1. The molecule has 0 amide bonds. The lowest BCUT2D eigenvalue weighted by molar-refractivity contribution is 0.148. The van der Waals surface area contributed by atoms with E-state index in [-0.39, 0.29) is 0 Å². The zero-order valence-corrected chi connectivity index (χ0v) is 24.5. The van der Waals surface area contributed by atoms with Crippen LogP contribution in [0.25, 0.3) is 32.3 Å². The number of pyridine rings is 1. The van der Waals surface area contributed by atoms with Crippen molar-refractivity contribution in [1.82, 2.24) is 14.8 Å². The summed E-state index contributed by atoms with van der Waals surface area (Å²) < 4.78 is 0. The maximum Gasteiger partial charge on any atom is 0.0346 e. The van der Waals surface area contributed by atoms with Crippen LogP contribution in [0.15, 0.2) is 116 Å². The normalized spacial score (nSPS) is 17.6. The minimum absolute atomic E-state index is 0.521. The molecule has 5 aromatic carbocycles. The van der Waals surface area contributed by atoms with Crippen LogP contribution >= 0.6 is 0 Å². The van der Waals surface area contributed by atoms with Gasteiger partial charge < -0.3 is 4.90 Å².